The van der Waals surface area contributed by atoms with Crippen molar-refractivity contribution < 1.29 is 4.79 Å². The van der Waals surface area contributed by atoms with Gasteiger partial charge in [-0.3, -0.25) is 4.79 Å². The minimum absolute atomic E-state index is 0.440. The molecular formula is C11H21NO. The quantitative estimate of drug-likeness (QED) is 0.708. The molecule has 0 radical (unpaired) electrons. The van der Waals surface area contributed by atoms with E-state index in [1.807, 2.05) is 0 Å². The van der Waals surface area contributed by atoms with Gasteiger partial charge in [-0.2, -0.15) is 0 Å². The van der Waals surface area contributed by atoms with Crippen LogP contribution < -0.4 is 5.32 Å². The maximum absolute atomic E-state index is 11.3. The van der Waals surface area contributed by atoms with Gasteiger partial charge in [-0.1, -0.05) is 13.3 Å². The summed E-state index contributed by atoms with van der Waals surface area (Å²) in [4.78, 5) is 11.3. The molecule has 0 aromatic heterocycles. The second-order valence-electron chi connectivity index (χ2n) is 3.97. The lowest BCUT2D eigenvalue weighted by Crippen LogP contribution is -2.34. The number of hydrogen-bond acceptors (Lipinski definition) is 2. The second-order valence-corrected chi connectivity index (χ2v) is 3.97. The first-order valence-corrected chi connectivity index (χ1v) is 5.58. The Hall–Kier alpha value is -0.370. The Balaban J connectivity index is 2.06. The van der Waals surface area contributed by atoms with Gasteiger partial charge in [0.2, 0.25) is 0 Å². The zero-order chi connectivity index (χ0) is 9.52. The van der Waals surface area contributed by atoms with Crippen molar-refractivity contribution in [3.8, 4) is 0 Å². The molecule has 0 aliphatic carbocycles. The fraction of sp³-hybridized carbons (Fsp3) is 0.909. The van der Waals surface area contributed by atoms with E-state index in [-0.39, 0.29) is 0 Å². The van der Waals surface area contributed by atoms with E-state index in [1.165, 1.54) is 19.3 Å². The van der Waals surface area contributed by atoms with Crippen LogP contribution in [0.5, 0.6) is 0 Å². The van der Waals surface area contributed by atoms with E-state index < -0.39 is 0 Å². The maximum Gasteiger partial charge on any atom is 0.132 e. The summed E-state index contributed by atoms with van der Waals surface area (Å²) in [6.07, 6.45) is 7.51. The number of piperidine rings is 1. The number of rotatable bonds is 5. The molecule has 0 bridgehead atoms. The molecule has 0 aromatic rings. The zero-order valence-corrected chi connectivity index (χ0v) is 8.64. The van der Waals surface area contributed by atoms with E-state index in [2.05, 4.69) is 12.2 Å². The molecule has 1 unspecified atom stereocenters. The third kappa shape index (κ3) is 4.41. The van der Waals surface area contributed by atoms with Crippen LogP contribution in [0, 0.1) is 0 Å². The van der Waals surface area contributed by atoms with Gasteiger partial charge < -0.3 is 5.32 Å². The van der Waals surface area contributed by atoms with Crippen LogP contribution in [0.25, 0.3) is 0 Å². The van der Waals surface area contributed by atoms with Crippen molar-refractivity contribution in [1.82, 2.24) is 5.32 Å². The van der Waals surface area contributed by atoms with E-state index in [9.17, 15) is 4.79 Å². The molecule has 2 nitrogen and oxygen atoms in total. The Bertz CT molecular complexity index is 150. The molecule has 1 aliphatic rings. The van der Waals surface area contributed by atoms with Crippen LogP contribution in [0.1, 0.15) is 51.9 Å². The predicted molar refractivity (Wildman–Crippen MR) is 54.8 cm³/mol. The summed E-state index contributed by atoms with van der Waals surface area (Å²) in [6.45, 7) is 3.21. The third-order valence-corrected chi connectivity index (χ3v) is 2.71. The van der Waals surface area contributed by atoms with Gasteiger partial charge >= 0.3 is 0 Å². The lowest BCUT2D eigenvalue weighted by atomic mass is 9.98. The van der Waals surface area contributed by atoms with Crippen LogP contribution >= 0.6 is 0 Å². The molecule has 1 heterocycles. The molecule has 0 saturated carbocycles. The van der Waals surface area contributed by atoms with Crippen LogP contribution in [0.3, 0.4) is 0 Å². The van der Waals surface area contributed by atoms with Gasteiger partial charge in [0.25, 0.3) is 0 Å². The van der Waals surface area contributed by atoms with Crippen molar-refractivity contribution in [3.63, 3.8) is 0 Å². The molecule has 1 rings (SSSR count). The van der Waals surface area contributed by atoms with Crippen molar-refractivity contribution in [2.75, 3.05) is 6.54 Å². The van der Waals surface area contributed by atoms with Crippen molar-refractivity contribution in [2.24, 2.45) is 0 Å². The summed E-state index contributed by atoms with van der Waals surface area (Å²) >= 11 is 0. The SMILES string of the molecule is CCCC(=O)CCC1CCCCN1. The number of Topliss-reactive ketones (excluding diaryl/α,β-unsaturated/α-hetero) is 1. The average Bonchev–Trinajstić information content (AvgIpc) is 2.17. The lowest BCUT2D eigenvalue weighted by molar-refractivity contribution is -0.119. The van der Waals surface area contributed by atoms with Gasteiger partial charge in [0, 0.05) is 18.9 Å². The predicted octanol–water partition coefficient (Wildman–Crippen LogP) is 2.28. The van der Waals surface area contributed by atoms with Gasteiger partial charge in [-0.25, -0.2) is 0 Å². The first-order valence-electron chi connectivity index (χ1n) is 5.58. The molecular weight excluding hydrogens is 162 g/mol. The number of hydrogen-bond donors (Lipinski definition) is 1. The number of nitrogens with one attached hydrogen (secondary N) is 1. The summed E-state index contributed by atoms with van der Waals surface area (Å²) in [5.41, 5.74) is 0. The molecule has 0 spiro atoms. The summed E-state index contributed by atoms with van der Waals surface area (Å²) in [6, 6.07) is 0.620. The van der Waals surface area contributed by atoms with Crippen LogP contribution in [-0.4, -0.2) is 18.4 Å². The van der Waals surface area contributed by atoms with Gasteiger partial charge in [0.1, 0.15) is 5.78 Å². The Labute approximate surface area is 81.1 Å². The van der Waals surface area contributed by atoms with Crippen molar-refractivity contribution >= 4 is 5.78 Å². The average molecular weight is 183 g/mol. The van der Waals surface area contributed by atoms with E-state index in [4.69, 9.17) is 0 Å². The van der Waals surface area contributed by atoms with Crippen molar-refractivity contribution in [2.45, 2.75) is 57.9 Å². The van der Waals surface area contributed by atoms with E-state index in [0.29, 0.717) is 11.8 Å². The standard InChI is InChI=1S/C11H21NO/c1-2-5-11(13)8-7-10-6-3-4-9-12-10/h10,12H,2-9H2,1H3. The number of ketones is 1. The molecule has 13 heavy (non-hydrogen) atoms. The van der Waals surface area contributed by atoms with Crippen LogP contribution in [0.4, 0.5) is 0 Å². The van der Waals surface area contributed by atoms with Crippen LogP contribution in [0.15, 0.2) is 0 Å². The van der Waals surface area contributed by atoms with E-state index in [0.717, 1.165) is 32.2 Å². The Kier molecular flexibility index (Phi) is 5.06. The van der Waals surface area contributed by atoms with Gasteiger partial charge in [-0.15, -0.1) is 0 Å². The topological polar surface area (TPSA) is 29.1 Å². The molecule has 0 aromatic carbocycles. The lowest BCUT2D eigenvalue weighted by Gasteiger charge is -2.22. The maximum atomic E-state index is 11.3. The second kappa shape index (κ2) is 6.14. The van der Waals surface area contributed by atoms with Gasteiger partial charge in [0.05, 0.1) is 0 Å². The first kappa shape index (κ1) is 10.7. The minimum atomic E-state index is 0.440. The summed E-state index contributed by atoms with van der Waals surface area (Å²) in [5.74, 6) is 0.440. The van der Waals surface area contributed by atoms with Crippen molar-refractivity contribution in [1.29, 1.82) is 0 Å². The molecule has 0 amide bonds. The van der Waals surface area contributed by atoms with E-state index in [1.54, 1.807) is 0 Å². The number of carbonyl (C=O) groups excluding carboxylic acids is 1. The Morgan fingerprint density at radius 2 is 2.23 bits per heavy atom. The van der Waals surface area contributed by atoms with E-state index >= 15 is 0 Å². The smallest absolute Gasteiger partial charge is 0.132 e. The molecule has 1 fully saturated rings. The normalized spacial score (nSPS) is 23.0. The highest BCUT2D eigenvalue weighted by Crippen LogP contribution is 2.12. The Morgan fingerprint density at radius 3 is 2.85 bits per heavy atom. The largest absolute Gasteiger partial charge is 0.314 e. The van der Waals surface area contributed by atoms with Crippen LogP contribution in [0.2, 0.25) is 0 Å². The van der Waals surface area contributed by atoms with Crippen LogP contribution in [-0.2, 0) is 4.79 Å². The molecule has 1 aliphatic heterocycles. The third-order valence-electron chi connectivity index (χ3n) is 2.71. The van der Waals surface area contributed by atoms with Gasteiger partial charge in [-0.05, 0) is 32.2 Å². The summed E-state index contributed by atoms with van der Waals surface area (Å²) in [7, 11) is 0. The minimum Gasteiger partial charge on any atom is -0.314 e. The summed E-state index contributed by atoms with van der Waals surface area (Å²) in [5, 5.41) is 3.46. The fourth-order valence-corrected chi connectivity index (χ4v) is 1.91. The molecule has 1 saturated heterocycles. The first-order chi connectivity index (χ1) is 6.33. The highest BCUT2D eigenvalue weighted by Gasteiger charge is 2.13. The molecule has 1 N–H and O–H groups in total. The highest BCUT2D eigenvalue weighted by molar-refractivity contribution is 5.78. The molecule has 2 heteroatoms. The Morgan fingerprint density at radius 1 is 1.38 bits per heavy atom. The highest BCUT2D eigenvalue weighted by atomic mass is 16.1. The molecule has 76 valence electrons. The van der Waals surface area contributed by atoms with Crippen molar-refractivity contribution in [3.05, 3.63) is 0 Å². The molecule has 1 atom stereocenters. The van der Waals surface area contributed by atoms with Gasteiger partial charge in [0.15, 0.2) is 0 Å². The monoisotopic (exact) mass is 183 g/mol. The zero-order valence-electron chi connectivity index (χ0n) is 8.64. The fourth-order valence-electron chi connectivity index (χ4n) is 1.91. The number of carbonyl (C=O) groups is 1. The summed E-state index contributed by atoms with van der Waals surface area (Å²) < 4.78 is 0.